The van der Waals surface area contributed by atoms with E-state index in [1.807, 2.05) is 36.1 Å². The molecule has 3 aliphatic rings. The van der Waals surface area contributed by atoms with E-state index in [9.17, 15) is 4.79 Å². The normalized spacial score (nSPS) is 23.5. The average molecular weight is 459 g/mol. The van der Waals surface area contributed by atoms with Crippen molar-refractivity contribution in [3.63, 3.8) is 0 Å². The van der Waals surface area contributed by atoms with Gasteiger partial charge in [0, 0.05) is 24.9 Å². The number of hydrogen-bond acceptors (Lipinski definition) is 5. The van der Waals surface area contributed by atoms with Crippen LogP contribution in [0.1, 0.15) is 40.0 Å². The molecule has 1 aromatic rings. The largest absolute Gasteiger partial charge is 0.377 e. The van der Waals surface area contributed by atoms with E-state index in [-0.39, 0.29) is 36.1 Å². The first kappa shape index (κ1) is 23.4. The van der Waals surface area contributed by atoms with Crippen LogP contribution in [0.3, 0.4) is 0 Å². The first-order chi connectivity index (χ1) is 15.7. The molecule has 6 nitrogen and oxygen atoms in total. The maximum Gasteiger partial charge on any atom is 0.289 e. The molecule has 0 N–H and O–H groups in total. The van der Waals surface area contributed by atoms with Crippen molar-refractivity contribution >= 4 is 11.8 Å². The smallest absolute Gasteiger partial charge is 0.289 e. The van der Waals surface area contributed by atoms with Gasteiger partial charge in [0.2, 0.25) is 5.95 Å². The number of nitrogens with zero attached hydrogens (tertiary/aromatic N) is 4. The summed E-state index contributed by atoms with van der Waals surface area (Å²) in [6.07, 6.45) is 9.34. The zero-order chi connectivity index (χ0) is 23.8. The highest BCUT2D eigenvalue weighted by molar-refractivity contribution is 5.55. The Morgan fingerprint density at radius 2 is 2.15 bits per heavy atom. The molecule has 1 fully saturated rings. The van der Waals surface area contributed by atoms with Crippen LogP contribution in [0.5, 0.6) is 0 Å². The zero-order valence-electron chi connectivity index (χ0n) is 19.6. The Hall–Kier alpha value is -2.74. The van der Waals surface area contributed by atoms with E-state index in [2.05, 4.69) is 13.5 Å². The summed E-state index contributed by atoms with van der Waals surface area (Å²) in [4.78, 5) is 21.5. The number of aromatic nitrogens is 2. The first-order valence-electron chi connectivity index (χ1n) is 11.6. The highest BCUT2D eigenvalue weighted by Gasteiger charge is 2.48. The van der Waals surface area contributed by atoms with Gasteiger partial charge in [-0.15, -0.1) is 0 Å². The third-order valence-corrected chi connectivity index (χ3v) is 6.68. The van der Waals surface area contributed by atoms with E-state index in [0.717, 1.165) is 6.42 Å². The Balaban J connectivity index is 1.85. The molecule has 2 atom stereocenters. The van der Waals surface area contributed by atoms with Crippen LogP contribution < -0.4 is 15.4 Å². The number of hydrogen-bond donors (Lipinski definition) is 0. The fourth-order valence-corrected chi connectivity index (χ4v) is 4.63. The highest BCUT2D eigenvalue weighted by Crippen LogP contribution is 2.40. The van der Waals surface area contributed by atoms with Crippen molar-refractivity contribution in [3.05, 3.63) is 64.1 Å². The Morgan fingerprint density at radius 1 is 1.36 bits per heavy atom. The van der Waals surface area contributed by atoms with Crippen molar-refractivity contribution in [1.29, 1.82) is 0 Å². The molecule has 4 rings (SSSR count). The van der Waals surface area contributed by atoms with Gasteiger partial charge in [0.15, 0.2) is 0 Å². The van der Waals surface area contributed by atoms with Crippen LogP contribution in [0, 0.1) is 0 Å². The van der Waals surface area contributed by atoms with E-state index in [4.69, 9.17) is 9.72 Å². The molecule has 1 saturated heterocycles. The van der Waals surface area contributed by atoms with Crippen molar-refractivity contribution in [2.24, 2.45) is 0 Å². The number of anilines is 2. The van der Waals surface area contributed by atoms with Crippen molar-refractivity contribution in [1.82, 2.24) is 9.55 Å². The number of morpholine rings is 1. The fraction of sp³-hybridized carbons (Fsp3) is 0.520. The van der Waals surface area contributed by atoms with Gasteiger partial charge in [-0.05, 0) is 44.8 Å². The first-order valence-corrected chi connectivity index (χ1v) is 11.6. The predicted molar refractivity (Wildman–Crippen MR) is 127 cm³/mol. The molecule has 1 aromatic heterocycles. The van der Waals surface area contributed by atoms with Crippen LogP contribution >= 0.6 is 0 Å². The lowest BCUT2D eigenvalue weighted by atomic mass is 9.96. The minimum absolute atomic E-state index is 0.0340. The summed E-state index contributed by atoms with van der Waals surface area (Å²) in [6.45, 7) is 10.8. The van der Waals surface area contributed by atoms with Crippen LogP contribution in [-0.4, -0.2) is 47.3 Å². The molecule has 33 heavy (non-hydrogen) atoms. The van der Waals surface area contributed by atoms with Gasteiger partial charge in [0.05, 0.1) is 19.3 Å². The monoisotopic (exact) mass is 458 g/mol. The maximum absolute atomic E-state index is 15.4. The Bertz CT molecular complexity index is 1070. The van der Waals surface area contributed by atoms with Crippen LogP contribution in [0.2, 0.25) is 0 Å². The maximum atomic E-state index is 15.4. The van der Waals surface area contributed by atoms with Crippen molar-refractivity contribution < 1.29 is 13.5 Å². The van der Waals surface area contributed by atoms with Gasteiger partial charge in [-0.2, -0.15) is 13.8 Å². The van der Waals surface area contributed by atoms with Crippen molar-refractivity contribution in [2.75, 3.05) is 29.6 Å². The van der Waals surface area contributed by atoms with Crippen molar-refractivity contribution in [2.45, 2.75) is 64.6 Å². The number of rotatable bonds is 5. The molecule has 3 heterocycles. The summed E-state index contributed by atoms with van der Waals surface area (Å²) in [6, 6.07) is 0.361. The minimum Gasteiger partial charge on any atom is -0.377 e. The van der Waals surface area contributed by atoms with Gasteiger partial charge in [-0.3, -0.25) is 9.36 Å². The molecule has 0 saturated carbocycles. The second kappa shape index (κ2) is 9.25. The van der Waals surface area contributed by atoms with Gasteiger partial charge >= 0.3 is 0 Å². The lowest BCUT2D eigenvalue weighted by Gasteiger charge is -2.43. The third-order valence-electron chi connectivity index (χ3n) is 6.68. The number of allylic oxidation sites excluding steroid dienone is 5. The third kappa shape index (κ3) is 4.40. The number of alkyl halides is 2. The minimum atomic E-state index is -3.15. The van der Waals surface area contributed by atoms with Crippen LogP contribution in [0.15, 0.2) is 58.6 Å². The molecule has 2 unspecified atom stereocenters. The zero-order valence-corrected chi connectivity index (χ0v) is 19.6. The molecule has 178 valence electrons. The average Bonchev–Trinajstić information content (AvgIpc) is 3.04. The predicted octanol–water partition coefficient (Wildman–Crippen LogP) is 4.44. The van der Waals surface area contributed by atoms with E-state index < -0.39 is 12.0 Å². The quantitative estimate of drug-likeness (QED) is 0.611. The molecule has 8 heteroatoms. The molecule has 0 bridgehead atoms. The van der Waals surface area contributed by atoms with E-state index in [1.165, 1.54) is 23.1 Å². The molecule has 0 aromatic carbocycles. The topological polar surface area (TPSA) is 50.6 Å². The van der Waals surface area contributed by atoms with E-state index in [0.29, 0.717) is 37.7 Å². The summed E-state index contributed by atoms with van der Waals surface area (Å²) < 4.78 is 37.9. The van der Waals surface area contributed by atoms with Gasteiger partial charge in [0.1, 0.15) is 11.9 Å². The molecule has 0 radical (unpaired) electrons. The second-order valence-corrected chi connectivity index (χ2v) is 8.97. The van der Waals surface area contributed by atoms with Crippen LogP contribution in [-0.2, 0) is 11.3 Å². The highest BCUT2D eigenvalue weighted by atomic mass is 19.3. The van der Waals surface area contributed by atoms with Gasteiger partial charge in [-0.25, -0.2) is 0 Å². The summed E-state index contributed by atoms with van der Waals surface area (Å²) in [7, 11) is 0. The second-order valence-electron chi connectivity index (χ2n) is 8.97. The lowest BCUT2D eigenvalue weighted by Crippen LogP contribution is -2.54. The number of ether oxygens (including phenoxy) is 1. The van der Waals surface area contributed by atoms with E-state index in [1.54, 1.807) is 4.90 Å². The molecular weight excluding hydrogens is 426 g/mol. The summed E-state index contributed by atoms with van der Waals surface area (Å²) in [5, 5.41) is 0. The summed E-state index contributed by atoms with van der Waals surface area (Å²) in [5.41, 5.74) is 1.40. The SMILES string of the molecule is C=C(C)C(F)(F)C1CCn2c(nc(N3CCOCC3C)cc2=O)N1C1=CCC(CC)=CC=C1. The van der Waals surface area contributed by atoms with Crippen molar-refractivity contribution in [3.8, 4) is 0 Å². The molecule has 2 aliphatic heterocycles. The molecule has 0 spiro atoms. The summed E-state index contributed by atoms with van der Waals surface area (Å²) >= 11 is 0. The molecular formula is C25H32F2N4O2. The van der Waals surface area contributed by atoms with E-state index >= 15 is 8.78 Å². The Morgan fingerprint density at radius 3 is 2.85 bits per heavy atom. The molecule has 0 amide bonds. The Kier molecular flexibility index (Phi) is 6.56. The Labute approximate surface area is 193 Å². The van der Waals surface area contributed by atoms with Gasteiger partial charge < -0.3 is 14.5 Å². The summed E-state index contributed by atoms with van der Waals surface area (Å²) in [5.74, 6) is -2.39. The van der Waals surface area contributed by atoms with Crippen LogP contribution in [0.25, 0.3) is 0 Å². The molecule has 1 aliphatic carbocycles. The number of fused-ring (bicyclic) bond motifs is 1. The number of halogens is 2. The fourth-order valence-electron chi connectivity index (χ4n) is 4.63. The standard InChI is InChI=1S/C25H32F2N4O2/c1-5-19-7-6-8-20(10-9-19)31-21(25(26,27)17(2)3)11-12-30-23(32)15-22(28-24(30)31)29-13-14-33-16-18(29)4/h6-8,10,15,18,21H,2,5,9,11-14,16H2,1,3-4H3. The lowest BCUT2D eigenvalue weighted by molar-refractivity contribution is 0.00567. The van der Waals surface area contributed by atoms with Gasteiger partial charge in [0.25, 0.3) is 11.5 Å². The van der Waals surface area contributed by atoms with Crippen LogP contribution in [0.4, 0.5) is 20.5 Å². The van der Waals surface area contributed by atoms with Gasteiger partial charge in [-0.1, -0.05) is 37.3 Å².